The number of methoxy groups -OCH3 is 1. The van der Waals surface area contributed by atoms with Crippen molar-refractivity contribution in [3.05, 3.63) is 98.8 Å². The number of hydrogen-bond acceptors (Lipinski definition) is 7. The van der Waals surface area contributed by atoms with Crippen molar-refractivity contribution in [1.29, 1.82) is 0 Å². The standard InChI is InChI=1S/C28H26N2O7S/c1-17-10-21-13-22(27(31)29-24(21)11-18(17)2)15-30(14-19-4-9-25-26(12-19)37-16-36-25)38(33,34)23-7-5-20(6-8-23)28(32)35-3/h4-13H,14-16H2,1-3H3,(H,29,31). The summed E-state index contributed by atoms with van der Waals surface area (Å²) in [5.74, 6) is 0.536. The molecular weight excluding hydrogens is 508 g/mol. The number of carbonyl (C=O) groups excluding carboxylic acids is 1. The normalized spacial score (nSPS) is 12.7. The van der Waals surface area contributed by atoms with Gasteiger partial charge in [0.15, 0.2) is 11.5 Å². The molecule has 0 radical (unpaired) electrons. The van der Waals surface area contributed by atoms with Gasteiger partial charge in [0.2, 0.25) is 16.8 Å². The smallest absolute Gasteiger partial charge is 0.337 e. The van der Waals surface area contributed by atoms with E-state index in [0.717, 1.165) is 16.5 Å². The topological polar surface area (TPSA) is 115 Å². The molecule has 38 heavy (non-hydrogen) atoms. The summed E-state index contributed by atoms with van der Waals surface area (Å²) in [7, 11) is -2.84. The lowest BCUT2D eigenvalue weighted by Crippen LogP contribution is -2.32. The second kappa shape index (κ2) is 9.96. The molecule has 5 rings (SSSR count). The lowest BCUT2D eigenvalue weighted by molar-refractivity contribution is 0.0600. The maximum Gasteiger partial charge on any atom is 0.337 e. The van der Waals surface area contributed by atoms with Crippen LogP contribution in [0.15, 0.2) is 70.4 Å². The molecule has 0 bridgehead atoms. The van der Waals surface area contributed by atoms with Gasteiger partial charge in [-0.15, -0.1) is 0 Å². The van der Waals surface area contributed by atoms with Gasteiger partial charge in [-0.25, -0.2) is 13.2 Å². The average Bonchev–Trinajstić information content (AvgIpc) is 3.37. The molecule has 1 aliphatic rings. The van der Waals surface area contributed by atoms with E-state index in [1.54, 1.807) is 24.3 Å². The van der Waals surface area contributed by atoms with Gasteiger partial charge in [0, 0.05) is 24.2 Å². The Bertz CT molecular complexity index is 1710. The summed E-state index contributed by atoms with van der Waals surface area (Å²) < 4.78 is 44.4. The Kier molecular flexibility index (Phi) is 6.68. The van der Waals surface area contributed by atoms with Crippen LogP contribution in [0.2, 0.25) is 0 Å². The van der Waals surface area contributed by atoms with Crippen molar-refractivity contribution in [2.45, 2.75) is 31.8 Å². The molecular formula is C28H26N2O7S. The summed E-state index contributed by atoms with van der Waals surface area (Å²) in [5, 5.41) is 0.811. The zero-order chi connectivity index (χ0) is 27.0. The number of carbonyl (C=O) groups is 1. The lowest BCUT2D eigenvalue weighted by atomic mass is 10.0. The number of hydrogen-bond donors (Lipinski definition) is 1. The number of aromatic nitrogens is 1. The number of ether oxygens (including phenoxy) is 3. The highest BCUT2D eigenvalue weighted by atomic mass is 32.2. The molecule has 9 nitrogen and oxygen atoms in total. The number of benzene rings is 3. The maximum atomic E-state index is 13.8. The fourth-order valence-electron chi connectivity index (χ4n) is 4.33. The van der Waals surface area contributed by atoms with E-state index in [4.69, 9.17) is 14.2 Å². The van der Waals surface area contributed by atoms with Crippen LogP contribution in [-0.2, 0) is 27.8 Å². The van der Waals surface area contributed by atoms with E-state index in [2.05, 4.69) is 4.98 Å². The number of sulfonamides is 1. The molecule has 3 aromatic carbocycles. The number of aromatic amines is 1. The highest BCUT2D eigenvalue weighted by Gasteiger charge is 2.27. The highest BCUT2D eigenvalue weighted by molar-refractivity contribution is 7.89. The Hall–Kier alpha value is -4.15. The zero-order valence-electron chi connectivity index (χ0n) is 21.1. The van der Waals surface area contributed by atoms with Crippen LogP contribution in [0, 0.1) is 13.8 Å². The molecule has 196 valence electrons. The summed E-state index contributed by atoms with van der Waals surface area (Å²) in [4.78, 5) is 27.7. The third kappa shape index (κ3) is 4.88. The van der Waals surface area contributed by atoms with E-state index < -0.39 is 16.0 Å². The van der Waals surface area contributed by atoms with Crippen LogP contribution >= 0.6 is 0 Å². The van der Waals surface area contributed by atoms with Crippen LogP contribution in [0.1, 0.15) is 32.6 Å². The Morgan fingerprint density at radius 2 is 1.66 bits per heavy atom. The highest BCUT2D eigenvalue weighted by Crippen LogP contribution is 2.33. The molecule has 2 heterocycles. The van der Waals surface area contributed by atoms with E-state index >= 15 is 0 Å². The number of nitrogens with one attached hydrogen (secondary N) is 1. The Morgan fingerprint density at radius 3 is 2.39 bits per heavy atom. The Labute approximate surface area is 219 Å². The minimum Gasteiger partial charge on any atom is -0.465 e. The summed E-state index contributed by atoms with van der Waals surface area (Å²) in [6.45, 7) is 3.84. The largest absolute Gasteiger partial charge is 0.465 e. The molecule has 0 spiro atoms. The van der Waals surface area contributed by atoms with E-state index in [0.29, 0.717) is 28.1 Å². The van der Waals surface area contributed by atoms with Crippen molar-refractivity contribution >= 4 is 26.9 Å². The lowest BCUT2D eigenvalue weighted by Gasteiger charge is -2.23. The third-order valence-corrected chi connectivity index (χ3v) is 8.40. The van der Waals surface area contributed by atoms with Crippen molar-refractivity contribution in [1.82, 2.24) is 9.29 Å². The van der Waals surface area contributed by atoms with Crippen LogP contribution in [-0.4, -0.2) is 37.6 Å². The van der Waals surface area contributed by atoms with Gasteiger partial charge in [0.25, 0.3) is 5.56 Å². The number of H-pyrrole nitrogens is 1. The number of nitrogens with zero attached hydrogens (tertiary/aromatic N) is 1. The first kappa shape index (κ1) is 25.5. The third-order valence-electron chi connectivity index (χ3n) is 6.59. The van der Waals surface area contributed by atoms with Gasteiger partial charge < -0.3 is 19.2 Å². The zero-order valence-corrected chi connectivity index (χ0v) is 21.9. The van der Waals surface area contributed by atoms with Crippen molar-refractivity contribution in [2.24, 2.45) is 0 Å². The van der Waals surface area contributed by atoms with Crippen molar-refractivity contribution in [3.63, 3.8) is 0 Å². The molecule has 0 saturated carbocycles. The molecule has 0 atom stereocenters. The van der Waals surface area contributed by atoms with Gasteiger partial charge in [-0.3, -0.25) is 4.79 Å². The number of rotatable bonds is 7. The minimum atomic E-state index is -4.09. The molecule has 0 amide bonds. The summed E-state index contributed by atoms with van der Waals surface area (Å²) >= 11 is 0. The Balaban J connectivity index is 1.55. The van der Waals surface area contributed by atoms with Gasteiger partial charge in [0.1, 0.15) is 0 Å². The predicted molar refractivity (Wildman–Crippen MR) is 141 cm³/mol. The van der Waals surface area contributed by atoms with E-state index in [9.17, 15) is 18.0 Å². The van der Waals surface area contributed by atoms with E-state index in [1.807, 2.05) is 26.0 Å². The minimum absolute atomic E-state index is 0.0189. The van der Waals surface area contributed by atoms with Gasteiger partial charge >= 0.3 is 5.97 Å². The number of pyridine rings is 1. The Morgan fingerprint density at radius 1 is 0.947 bits per heavy atom. The number of esters is 1. The van der Waals surface area contributed by atoms with Crippen molar-refractivity contribution in [2.75, 3.05) is 13.9 Å². The summed E-state index contributed by atoms with van der Waals surface area (Å²) in [6.07, 6.45) is 0. The van der Waals surface area contributed by atoms with Crippen LogP contribution in [0.25, 0.3) is 10.9 Å². The maximum absolute atomic E-state index is 13.8. The molecule has 0 unspecified atom stereocenters. The first-order valence-corrected chi connectivity index (χ1v) is 13.3. The molecule has 1 aliphatic heterocycles. The average molecular weight is 535 g/mol. The molecule has 0 fully saturated rings. The number of aryl methyl sites for hydroxylation is 2. The van der Waals surface area contributed by atoms with Crippen LogP contribution in [0.3, 0.4) is 0 Å². The van der Waals surface area contributed by atoms with E-state index in [1.165, 1.54) is 35.7 Å². The second-order valence-corrected chi connectivity index (χ2v) is 11.1. The molecule has 10 heteroatoms. The number of fused-ring (bicyclic) bond motifs is 2. The van der Waals surface area contributed by atoms with Gasteiger partial charge in [0.05, 0.1) is 17.6 Å². The van der Waals surface area contributed by atoms with Gasteiger partial charge in [-0.2, -0.15) is 4.31 Å². The quantitative estimate of drug-likeness (QED) is 0.356. The van der Waals surface area contributed by atoms with Crippen molar-refractivity contribution in [3.8, 4) is 11.5 Å². The fourth-order valence-corrected chi connectivity index (χ4v) is 5.73. The summed E-state index contributed by atoms with van der Waals surface area (Å²) in [6, 6.07) is 16.3. The van der Waals surface area contributed by atoms with Crippen molar-refractivity contribution < 1.29 is 27.4 Å². The van der Waals surface area contributed by atoms with Gasteiger partial charge in [-0.05, 0) is 90.5 Å². The molecule has 1 aromatic heterocycles. The predicted octanol–water partition coefficient (Wildman–Crippen LogP) is 4.05. The molecule has 1 N–H and O–H groups in total. The SMILES string of the molecule is COC(=O)c1ccc(S(=O)(=O)N(Cc2ccc3c(c2)OCO3)Cc2cc3cc(C)c(C)cc3[nH]c2=O)cc1. The molecule has 0 saturated heterocycles. The molecule has 0 aliphatic carbocycles. The monoisotopic (exact) mass is 534 g/mol. The summed E-state index contributed by atoms with van der Waals surface area (Å²) in [5.41, 5.74) is 3.61. The van der Waals surface area contributed by atoms with Gasteiger partial charge in [-0.1, -0.05) is 6.07 Å². The first-order valence-electron chi connectivity index (χ1n) is 11.9. The van der Waals surface area contributed by atoms with Crippen LogP contribution < -0.4 is 15.0 Å². The van der Waals surface area contributed by atoms with Crippen LogP contribution in [0.4, 0.5) is 0 Å². The second-order valence-electron chi connectivity index (χ2n) is 9.12. The van der Waals surface area contributed by atoms with Crippen LogP contribution in [0.5, 0.6) is 11.5 Å². The molecule has 4 aromatic rings. The fraction of sp³-hybridized carbons (Fsp3) is 0.214. The van der Waals surface area contributed by atoms with E-state index in [-0.39, 0.29) is 35.9 Å². The first-order chi connectivity index (χ1) is 18.2.